The van der Waals surface area contributed by atoms with E-state index in [1.165, 1.54) is 0 Å². The van der Waals surface area contributed by atoms with Crippen molar-refractivity contribution in [2.45, 2.75) is 12.8 Å². The van der Waals surface area contributed by atoms with E-state index in [-0.39, 0.29) is 30.8 Å². The molecule has 2 aromatic carbocycles. The van der Waals surface area contributed by atoms with Crippen LogP contribution < -0.4 is 16.0 Å². The standard InChI is InChI=1S/C20H25N3O3.ClH/c1-26-14-20(9-11-21-12-10-20)19(25)22-13-18(24)23-17-8-4-6-15-5-2-3-7-16(15)17;/h2-8,21H,9-14H2,1H3,(H,22,25)(H,23,24);1H. The highest BCUT2D eigenvalue weighted by molar-refractivity contribution is 6.03. The predicted molar refractivity (Wildman–Crippen MR) is 109 cm³/mol. The summed E-state index contributed by atoms with van der Waals surface area (Å²) in [5, 5.41) is 11.0. The molecule has 0 atom stereocenters. The van der Waals surface area contributed by atoms with Crippen LogP contribution in [0.5, 0.6) is 0 Å². The molecule has 1 aliphatic rings. The van der Waals surface area contributed by atoms with Gasteiger partial charge in [0.05, 0.1) is 18.6 Å². The van der Waals surface area contributed by atoms with Crippen LogP contribution in [0.25, 0.3) is 10.8 Å². The zero-order valence-corrected chi connectivity index (χ0v) is 16.2. The molecule has 0 aromatic heterocycles. The zero-order chi connectivity index (χ0) is 18.4. The molecule has 0 spiro atoms. The smallest absolute Gasteiger partial charge is 0.243 e. The number of halogens is 1. The number of carbonyl (C=O) groups is 2. The molecule has 0 aliphatic carbocycles. The molecule has 1 fully saturated rings. The van der Waals surface area contributed by atoms with Gasteiger partial charge in [0.2, 0.25) is 11.8 Å². The number of carbonyl (C=O) groups excluding carboxylic acids is 2. The van der Waals surface area contributed by atoms with Crippen molar-refractivity contribution in [3.63, 3.8) is 0 Å². The maximum absolute atomic E-state index is 12.7. The summed E-state index contributed by atoms with van der Waals surface area (Å²) in [5.41, 5.74) is 0.190. The van der Waals surface area contributed by atoms with E-state index in [9.17, 15) is 9.59 Å². The van der Waals surface area contributed by atoms with Crippen LogP contribution in [-0.2, 0) is 14.3 Å². The highest BCUT2D eigenvalue weighted by atomic mass is 35.5. The number of benzene rings is 2. The van der Waals surface area contributed by atoms with Crippen molar-refractivity contribution in [2.75, 3.05) is 38.7 Å². The molecule has 0 radical (unpaired) electrons. The van der Waals surface area contributed by atoms with Crippen LogP contribution >= 0.6 is 12.4 Å². The van der Waals surface area contributed by atoms with Gasteiger partial charge < -0.3 is 20.7 Å². The minimum atomic E-state index is -0.556. The molecule has 1 saturated heterocycles. The number of ether oxygens (including phenoxy) is 1. The van der Waals surface area contributed by atoms with E-state index >= 15 is 0 Å². The Bertz CT molecular complexity index is 780. The van der Waals surface area contributed by atoms with Gasteiger partial charge in [0.25, 0.3) is 0 Å². The van der Waals surface area contributed by atoms with Crippen molar-refractivity contribution >= 4 is 40.7 Å². The van der Waals surface area contributed by atoms with Crippen molar-refractivity contribution in [3.8, 4) is 0 Å². The van der Waals surface area contributed by atoms with E-state index in [0.717, 1.165) is 29.5 Å². The largest absolute Gasteiger partial charge is 0.384 e. The van der Waals surface area contributed by atoms with Gasteiger partial charge in [-0.2, -0.15) is 0 Å². The fourth-order valence-electron chi connectivity index (χ4n) is 3.50. The van der Waals surface area contributed by atoms with Gasteiger partial charge >= 0.3 is 0 Å². The molecular formula is C20H26ClN3O3. The summed E-state index contributed by atoms with van der Waals surface area (Å²) >= 11 is 0. The predicted octanol–water partition coefficient (Wildman–Crippen LogP) is 2.33. The van der Waals surface area contributed by atoms with E-state index in [1.807, 2.05) is 42.5 Å². The number of amides is 2. The van der Waals surface area contributed by atoms with Gasteiger partial charge in [0, 0.05) is 18.2 Å². The van der Waals surface area contributed by atoms with Crippen LogP contribution in [0, 0.1) is 5.41 Å². The number of hydrogen-bond donors (Lipinski definition) is 3. The van der Waals surface area contributed by atoms with Gasteiger partial charge in [-0.3, -0.25) is 9.59 Å². The monoisotopic (exact) mass is 391 g/mol. The average Bonchev–Trinajstić information content (AvgIpc) is 2.67. The fourth-order valence-corrected chi connectivity index (χ4v) is 3.50. The molecule has 7 heteroatoms. The van der Waals surface area contributed by atoms with E-state index in [2.05, 4.69) is 16.0 Å². The number of piperidine rings is 1. The van der Waals surface area contributed by atoms with Gasteiger partial charge in [-0.1, -0.05) is 36.4 Å². The molecule has 3 rings (SSSR count). The molecule has 0 saturated carbocycles. The van der Waals surface area contributed by atoms with Crippen molar-refractivity contribution in [1.29, 1.82) is 0 Å². The molecule has 27 heavy (non-hydrogen) atoms. The summed E-state index contributed by atoms with van der Waals surface area (Å²) in [7, 11) is 1.60. The molecule has 2 amide bonds. The van der Waals surface area contributed by atoms with Gasteiger partial charge in [-0.15, -0.1) is 12.4 Å². The number of hydrogen-bond acceptors (Lipinski definition) is 4. The lowest BCUT2D eigenvalue weighted by atomic mass is 9.78. The summed E-state index contributed by atoms with van der Waals surface area (Å²) in [6.45, 7) is 1.87. The van der Waals surface area contributed by atoms with E-state index in [0.29, 0.717) is 19.4 Å². The summed E-state index contributed by atoms with van der Waals surface area (Å²) in [4.78, 5) is 25.0. The first-order valence-electron chi connectivity index (χ1n) is 8.90. The van der Waals surface area contributed by atoms with E-state index in [1.54, 1.807) is 7.11 Å². The first kappa shape index (κ1) is 21.2. The first-order chi connectivity index (χ1) is 12.6. The molecule has 6 nitrogen and oxygen atoms in total. The minimum absolute atomic E-state index is 0. The summed E-state index contributed by atoms with van der Waals surface area (Å²) in [5.74, 6) is -0.356. The van der Waals surface area contributed by atoms with Gasteiger partial charge in [-0.25, -0.2) is 0 Å². The Balaban J connectivity index is 0.00000261. The first-order valence-corrected chi connectivity index (χ1v) is 8.90. The normalized spacial score (nSPS) is 15.6. The lowest BCUT2D eigenvalue weighted by Crippen LogP contribution is -2.51. The number of methoxy groups -OCH3 is 1. The Labute approximate surface area is 165 Å². The van der Waals surface area contributed by atoms with Crippen molar-refractivity contribution in [3.05, 3.63) is 42.5 Å². The molecule has 0 unspecified atom stereocenters. The second kappa shape index (κ2) is 9.69. The summed E-state index contributed by atoms with van der Waals surface area (Å²) in [6.07, 6.45) is 1.41. The fraction of sp³-hybridized carbons (Fsp3) is 0.400. The van der Waals surface area contributed by atoms with E-state index in [4.69, 9.17) is 4.74 Å². The highest BCUT2D eigenvalue weighted by Crippen LogP contribution is 2.29. The second-order valence-electron chi connectivity index (χ2n) is 6.72. The SMILES string of the molecule is COCC1(C(=O)NCC(=O)Nc2cccc3ccccc23)CCNCC1.Cl. The van der Waals surface area contributed by atoms with Crippen molar-refractivity contribution < 1.29 is 14.3 Å². The van der Waals surface area contributed by atoms with Crippen LogP contribution in [0.15, 0.2) is 42.5 Å². The molecule has 1 heterocycles. The Morgan fingerprint density at radius 2 is 1.81 bits per heavy atom. The van der Waals surface area contributed by atoms with Crippen LogP contribution in [-0.4, -0.2) is 45.2 Å². The van der Waals surface area contributed by atoms with Crippen molar-refractivity contribution in [1.82, 2.24) is 10.6 Å². The van der Waals surface area contributed by atoms with Gasteiger partial charge in [0.1, 0.15) is 0 Å². The summed E-state index contributed by atoms with van der Waals surface area (Å²) < 4.78 is 5.27. The number of nitrogens with one attached hydrogen (secondary N) is 3. The van der Waals surface area contributed by atoms with Crippen LogP contribution in [0.2, 0.25) is 0 Å². The van der Waals surface area contributed by atoms with Crippen LogP contribution in [0.1, 0.15) is 12.8 Å². The molecule has 1 aliphatic heterocycles. The topological polar surface area (TPSA) is 79.5 Å². The Kier molecular flexibility index (Phi) is 7.59. The highest BCUT2D eigenvalue weighted by Gasteiger charge is 2.39. The minimum Gasteiger partial charge on any atom is -0.384 e. The third-order valence-corrected chi connectivity index (χ3v) is 4.94. The third kappa shape index (κ3) is 4.97. The zero-order valence-electron chi connectivity index (χ0n) is 15.4. The Morgan fingerprint density at radius 1 is 1.11 bits per heavy atom. The molecular weight excluding hydrogens is 366 g/mol. The average molecular weight is 392 g/mol. The summed E-state index contributed by atoms with van der Waals surface area (Å²) in [6, 6.07) is 13.6. The second-order valence-corrected chi connectivity index (χ2v) is 6.72. The number of fused-ring (bicyclic) bond motifs is 1. The van der Waals surface area contributed by atoms with Crippen LogP contribution in [0.3, 0.4) is 0 Å². The molecule has 2 aromatic rings. The Hall–Kier alpha value is -2.15. The quantitative estimate of drug-likeness (QED) is 0.706. The van der Waals surface area contributed by atoms with Crippen molar-refractivity contribution in [2.24, 2.45) is 5.41 Å². The number of anilines is 1. The maximum atomic E-state index is 12.7. The van der Waals surface area contributed by atoms with Gasteiger partial charge in [0.15, 0.2) is 0 Å². The van der Waals surface area contributed by atoms with Crippen LogP contribution in [0.4, 0.5) is 5.69 Å². The number of rotatable bonds is 6. The molecule has 0 bridgehead atoms. The lowest BCUT2D eigenvalue weighted by Gasteiger charge is -2.35. The Morgan fingerprint density at radius 3 is 2.56 bits per heavy atom. The molecule has 146 valence electrons. The third-order valence-electron chi connectivity index (χ3n) is 4.94. The maximum Gasteiger partial charge on any atom is 0.243 e. The van der Waals surface area contributed by atoms with E-state index < -0.39 is 5.41 Å². The van der Waals surface area contributed by atoms with Gasteiger partial charge in [-0.05, 0) is 37.4 Å². The lowest BCUT2D eigenvalue weighted by molar-refractivity contribution is -0.137. The molecule has 3 N–H and O–H groups in total.